The average molecular weight is 160 g/mol. The van der Waals surface area contributed by atoms with Crippen molar-refractivity contribution in [3.05, 3.63) is 11.6 Å². The molecule has 1 unspecified atom stereocenters. The minimum absolute atomic E-state index is 0.530. The van der Waals surface area contributed by atoms with Gasteiger partial charge in [-0.05, 0) is 6.92 Å². The lowest BCUT2D eigenvalue weighted by atomic mass is 10.1. The summed E-state index contributed by atoms with van der Waals surface area (Å²) in [6.45, 7) is 1.34. The molecule has 0 rings (SSSR count). The first-order valence-corrected chi connectivity index (χ1v) is 2.81. The number of aliphatic hydroxyl groups excluding tert-OH is 1. The summed E-state index contributed by atoms with van der Waals surface area (Å²) in [5.74, 6) is -3.00. The van der Waals surface area contributed by atoms with E-state index in [4.69, 9.17) is 15.3 Å². The first kappa shape index (κ1) is 9.64. The third-order valence-corrected chi connectivity index (χ3v) is 1.09. The molecule has 0 aliphatic carbocycles. The largest absolute Gasteiger partial charge is 0.479 e. The Morgan fingerprint density at radius 3 is 1.91 bits per heavy atom. The second-order valence-corrected chi connectivity index (χ2v) is 1.79. The fourth-order valence-electron chi connectivity index (χ4n) is 0.531. The number of hydrogen-bond acceptors (Lipinski definition) is 3. The van der Waals surface area contributed by atoms with Crippen molar-refractivity contribution in [2.75, 3.05) is 0 Å². The third kappa shape index (κ3) is 2.38. The topological polar surface area (TPSA) is 94.8 Å². The Labute approximate surface area is 62.6 Å². The SMILES string of the molecule is CC=C(C(=O)O)C(O)C(=O)O. The summed E-state index contributed by atoms with van der Waals surface area (Å²) in [4.78, 5) is 20.2. The number of allylic oxidation sites excluding steroid dienone is 1. The van der Waals surface area contributed by atoms with Gasteiger partial charge in [0.15, 0.2) is 6.10 Å². The van der Waals surface area contributed by atoms with Gasteiger partial charge in [0.1, 0.15) is 0 Å². The fraction of sp³-hybridized carbons (Fsp3) is 0.333. The number of carboxylic acid groups (broad SMARTS) is 2. The second kappa shape index (κ2) is 3.72. The van der Waals surface area contributed by atoms with Crippen LogP contribution in [0.3, 0.4) is 0 Å². The Hall–Kier alpha value is -1.36. The molecule has 3 N–H and O–H groups in total. The van der Waals surface area contributed by atoms with Gasteiger partial charge in [0, 0.05) is 0 Å². The number of aliphatic hydroxyl groups is 1. The Kier molecular flexibility index (Phi) is 3.26. The van der Waals surface area contributed by atoms with Crippen molar-refractivity contribution in [1.29, 1.82) is 0 Å². The summed E-state index contributed by atoms with van der Waals surface area (Å²) in [5, 5.41) is 25.2. The van der Waals surface area contributed by atoms with E-state index in [1.54, 1.807) is 0 Å². The molecule has 0 amide bonds. The standard InChI is InChI=1S/C6H8O5/c1-2-3(5(8)9)4(7)6(10)11/h2,4,7H,1H3,(H,8,9)(H,10,11). The second-order valence-electron chi connectivity index (χ2n) is 1.79. The van der Waals surface area contributed by atoms with Crippen LogP contribution in [0.2, 0.25) is 0 Å². The molecule has 0 saturated carbocycles. The van der Waals surface area contributed by atoms with E-state index in [1.807, 2.05) is 0 Å². The summed E-state index contributed by atoms with van der Waals surface area (Å²) in [6, 6.07) is 0. The van der Waals surface area contributed by atoms with Gasteiger partial charge in [-0.2, -0.15) is 0 Å². The van der Waals surface area contributed by atoms with Crippen LogP contribution < -0.4 is 0 Å². The van der Waals surface area contributed by atoms with E-state index >= 15 is 0 Å². The van der Waals surface area contributed by atoms with Crippen molar-refractivity contribution < 1.29 is 24.9 Å². The van der Waals surface area contributed by atoms with Crippen molar-refractivity contribution in [3.8, 4) is 0 Å². The minimum Gasteiger partial charge on any atom is -0.479 e. The lowest BCUT2D eigenvalue weighted by molar-refractivity contribution is -0.147. The molecule has 0 aromatic rings. The first-order chi connectivity index (χ1) is 5.00. The molecule has 62 valence electrons. The van der Waals surface area contributed by atoms with Crippen molar-refractivity contribution in [3.63, 3.8) is 0 Å². The predicted octanol–water partition coefficient (Wildman–Crippen LogP) is -0.537. The maximum absolute atomic E-state index is 10.2. The van der Waals surface area contributed by atoms with Gasteiger partial charge < -0.3 is 15.3 Å². The molecule has 0 heterocycles. The lowest BCUT2D eigenvalue weighted by Gasteiger charge is -2.04. The fourth-order valence-corrected chi connectivity index (χ4v) is 0.531. The molecule has 5 heteroatoms. The van der Waals surface area contributed by atoms with Gasteiger partial charge in [0.05, 0.1) is 5.57 Å². The Morgan fingerprint density at radius 1 is 1.36 bits per heavy atom. The molecule has 1 atom stereocenters. The zero-order valence-corrected chi connectivity index (χ0v) is 5.81. The normalized spacial score (nSPS) is 14.2. The quantitative estimate of drug-likeness (QED) is 0.482. The van der Waals surface area contributed by atoms with Crippen LogP contribution in [0.4, 0.5) is 0 Å². The first-order valence-electron chi connectivity index (χ1n) is 2.81. The molecule has 5 nitrogen and oxygen atoms in total. The van der Waals surface area contributed by atoms with Gasteiger partial charge in [-0.3, -0.25) is 0 Å². The maximum Gasteiger partial charge on any atom is 0.337 e. The van der Waals surface area contributed by atoms with Crippen molar-refractivity contribution in [2.24, 2.45) is 0 Å². The van der Waals surface area contributed by atoms with E-state index < -0.39 is 23.6 Å². The Bertz CT molecular complexity index is 205. The van der Waals surface area contributed by atoms with Gasteiger partial charge in [0.25, 0.3) is 0 Å². The van der Waals surface area contributed by atoms with E-state index in [2.05, 4.69) is 0 Å². The molecule has 0 aromatic carbocycles. The van der Waals surface area contributed by atoms with Crippen LogP contribution in [0.1, 0.15) is 6.92 Å². The van der Waals surface area contributed by atoms with Crippen molar-refractivity contribution >= 4 is 11.9 Å². The zero-order chi connectivity index (χ0) is 9.02. The molecule has 0 saturated heterocycles. The van der Waals surface area contributed by atoms with Crippen LogP contribution in [0.5, 0.6) is 0 Å². The predicted molar refractivity (Wildman–Crippen MR) is 35.0 cm³/mol. The van der Waals surface area contributed by atoms with Crippen LogP contribution >= 0.6 is 0 Å². The summed E-state index contributed by atoms with van der Waals surface area (Å²) in [6.07, 6.45) is -0.904. The van der Waals surface area contributed by atoms with Gasteiger partial charge in [0.2, 0.25) is 0 Å². The smallest absolute Gasteiger partial charge is 0.337 e. The summed E-state index contributed by atoms with van der Waals surface area (Å²) in [7, 11) is 0. The van der Waals surface area contributed by atoms with Crippen molar-refractivity contribution in [2.45, 2.75) is 13.0 Å². The number of carboxylic acids is 2. The number of rotatable bonds is 3. The van der Waals surface area contributed by atoms with Crippen molar-refractivity contribution in [1.82, 2.24) is 0 Å². The van der Waals surface area contributed by atoms with E-state index in [0.29, 0.717) is 0 Å². The van der Waals surface area contributed by atoms with Crippen LogP contribution in [0.25, 0.3) is 0 Å². The van der Waals surface area contributed by atoms with Gasteiger partial charge in [-0.15, -0.1) is 0 Å². The van der Waals surface area contributed by atoms with E-state index in [9.17, 15) is 9.59 Å². The highest BCUT2D eigenvalue weighted by atomic mass is 16.4. The van der Waals surface area contributed by atoms with Gasteiger partial charge in [-0.25, -0.2) is 9.59 Å². The van der Waals surface area contributed by atoms with Crippen LogP contribution in [-0.2, 0) is 9.59 Å². The number of aliphatic carboxylic acids is 2. The van der Waals surface area contributed by atoms with Gasteiger partial charge in [-0.1, -0.05) is 6.08 Å². The molecular weight excluding hydrogens is 152 g/mol. The molecule has 0 radical (unpaired) electrons. The van der Waals surface area contributed by atoms with E-state index in [0.717, 1.165) is 6.08 Å². The highest BCUT2D eigenvalue weighted by molar-refractivity contribution is 5.95. The molecule has 0 aromatic heterocycles. The van der Waals surface area contributed by atoms with Gasteiger partial charge >= 0.3 is 11.9 Å². The minimum atomic E-state index is -1.95. The highest BCUT2D eigenvalue weighted by Gasteiger charge is 2.23. The molecule has 0 bridgehead atoms. The average Bonchev–Trinajstić information content (AvgIpc) is 1.88. The highest BCUT2D eigenvalue weighted by Crippen LogP contribution is 2.02. The summed E-state index contributed by atoms with van der Waals surface area (Å²) < 4.78 is 0. The van der Waals surface area contributed by atoms with E-state index in [1.165, 1.54) is 6.92 Å². The van der Waals surface area contributed by atoms with E-state index in [-0.39, 0.29) is 0 Å². The number of carbonyl (C=O) groups is 2. The molecule has 0 fully saturated rings. The molecule has 11 heavy (non-hydrogen) atoms. The Morgan fingerprint density at radius 2 is 1.82 bits per heavy atom. The summed E-state index contributed by atoms with van der Waals surface area (Å²) in [5.41, 5.74) is -0.530. The molecule has 0 spiro atoms. The van der Waals surface area contributed by atoms with Crippen LogP contribution in [0.15, 0.2) is 11.6 Å². The number of hydrogen-bond donors (Lipinski definition) is 3. The monoisotopic (exact) mass is 160 g/mol. The lowest BCUT2D eigenvalue weighted by Crippen LogP contribution is -2.26. The molecule has 0 aliphatic rings. The molecular formula is C6H8O5. The molecule has 0 aliphatic heterocycles. The Balaban J connectivity index is 4.54. The zero-order valence-electron chi connectivity index (χ0n) is 5.81. The maximum atomic E-state index is 10.2. The third-order valence-electron chi connectivity index (χ3n) is 1.09. The summed E-state index contributed by atoms with van der Waals surface area (Å²) >= 11 is 0. The van der Waals surface area contributed by atoms with Crippen LogP contribution in [0, 0.1) is 0 Å². The van der Waals surface area contributed by atoms with Crippen LogP contribution in [-0.4, -0.2) is 33.4 Å².